The summed E-state index contributed by atoms with van der Waals surface area (Å²) in [7, 11) is 1.35. The van der Waals surface area contributed by atoms with E-state index in [1.165, 1.54) is 20.1 Å². The highest BCUT2D eigenvalue weighted by atomic mass is 16.5. The summed E-state index contributed by atoms with van der Waals surface area (Å²) in [5, 5.41) is 12.8. The maximum Gasteiger partial charge on any atom is 0.328 e. The summed E-state index contributed by atoms with van der Waals surface area (Å²) >= 11 is 0. The number of nitrogens with one attached hydrogen (secondary N) is 1. The number of hydrogen-bond acceptors (Lipinski definition) is 6. The first-order valence-electron chi connectivity index (χ1n) is 11.0. The quantitative estimate of drug-likeness (QED) is 0.176. The van der Waals surface area contributed by atoms with E-state index >= 15 is 0 Å². The van der Waals surface area contributed by atoms with E-state index in [0.717, 1.165) is 16.7 Å². The van der Waals surface area contributed by atoms with Crippen molar-refractivity contribution in [2.75, 3.05) is 7.11 Å². The van der Waals surface area contributed by atoms with Crippen LogP contribution in [0, 0.1) is 6.92 Å². The van der Waals surface area contributed by atoms with Gasteiger partial charge in [0.1, 0.15) is 12.1 Å². The average Bonchev–Trinajstić information content (AvgIpc) is 2.82. The molecule has 0 fully saturated rings. The number of amides is 1. The Kier molecular flexibility index (Phi) is 9.62. The molecule has 0 saturated carbocycles. The second-order valence-electron chi connectivity index (χ2n) is 7.85. The molecule has 0 spiro atoms. The SMILES string of the molecule is C=N/C(C(=O)N[C@@H](C)C(=O)O[C@@H](C)[C@@H](c1ccccc1)c1ccc(C)cc1)=C(O)\C(=C/C)OC. The molecule has 7 nitrogen and oxygen atoms in total. The summed E-state index contributed by atoms with van der Waals surface area (Å²) in [6, 6.07) is 16.9. The summed E-state index contributed by atoms with van der Waals surface area (Å²) in [4.78, 5) is 29.0. The topological polar surface area (TPSA) is 97.2 Å². The van der Waals surface area contributed by atoms with Gasteiger partial charge in [0.2, 0.25) is 0 Å². The molecule has 2 aromatic rings. The van der Waals surface area contributed by atoms with Crippen molar-refractivity contribution in [1.29, 1.82) is 0 Å². The van der Waals surface area contributed by atoms with Gasteiger partial charge >= 0.3 is 5.97 Å². The van der Waals surface area contributed by atoms with Crippen LogP contribution >= 0.6 is 0 Å². The third-order valence-corrected chi connectivity index (χ3v) is 5.38. The zero-order valence-corrected chi connectivity index (χ0v) is 20.2. The Balaban J connectivity index is 2.20. The molecule has 2 aromatic carbocycles. The van der Waals surface area contributed by atoms with E-state index in [-0.39, 0.29) is 17.4 Å². The van der Waals surface area contributed by atoms with Gasteiger partial charge in [-0.05, 0) is 51.6 Å². The van der Waals surface area contributed by atoms with Gasteiger partial charge in [0.15, 0.2) is 17.2 Å². The lowest BCUT2D eigenvalue weighted by Gasteiger charge is -2.26. The number of aliphatic imine (C=N–C) groups is 1. The lowest BCUT2D eigenvalue weighted by Crippen LogP contribution is -2.42. The molecule has 0 aromatic heterocycles. The predicted octanol–water partition coefficient (Wildman–Crippen LogP) is 4.58. The third kappa shape index (κ3) is 6.57. The van der Waals surface area contributed by atoms with E-state index in [2.05, 4.69) is 17.0 Å². The van der Waals surface area contributed by atoms with Gasteiger partial charge in [-0.25, -0.2) is 4.79 Å². The minimum Gasteiger partial charge on any atom is -0.503 e. The zero-order chi connectivity index (χ0) is 25.3. The van der Waals surface area contributed by atoms with Crippen LogP contribution in [0.3, 0.4) is 0 Å². The smallest absolute Gasteiger partial charge is 0.328 e. The van der Waals surface area contributed by atoms with Gasteiger partial charge in [-0.3, -0.25) is 9.79 Å². The summed E-state index contributed by atoms with van der Waals surface area (Å²) in [5.74, 6) is -2.00. The van der Waals surface area contributed by atoms with Crippen molar-refractivity contribution in [2.24, 2.45) is 4.99 Å². The van der Waals surface area contributed by atoms with Crippen LogP contribution in [0.1, 0.15) is 43.4 Å². The lowest BCUT2D eigenvalue weighted by molar-refractivity contribution is -0.152. The fraction of sp³-hybridized carbons (Fsp3) is 0.296. The van der Waals surface area contributed by atoms with Gasteiger partial charge in [0.25, 0.3) is 5.91 Å². The van der Waals surface area contributed by atoms with Crippen molar-refractivity contribution in [3.05, 3.63) is 94.6 Å². The van der Waals surface area contributed by atoms with Crippen molar-refractivity contribution in [1.82, 2.24) is 5.32 Å². The predicted molar refractivity (Wildman–Crippen MR) is 133 cm³/mol. The van der Waals surface area contributed by atoms with Crippen LogP contribution in [0.15, 0.2) is 82.9 Å². The second-order valence-corrected chi connectivity index (χ2v) is 7.85. The molecule has 0 aliphatic carbocycles. The first-order chi connectivity index (χ1) is 16.2. The third-order valence-electron chi connectivity index (χ3n) is 5.38. The van der Waals surface area contributed by atoms with Gasteiger partial charge in [-0.1, -0.05) is 60.2 Å². The molecule has 0 unspecified atom stereocenters. The van der Waals surface area contributed by atoms with Crippen molar-refractivity contribution >= 4 is 18.6 Å². The molecule has 3 atom stereocenters. The number of ether oxygens (including phenoxy) is 2. The molecular formula is C27H32N2O5. The highest BCUT2D eigenvalue weighted by Crippen LogP contribution is 2.30. The standard InChI is InChI=1S/C27H32N2O5/c1-7-22(33-6)25(30)24(28-5)26(31)29-18(3)27(32)34-19(4)23(20-11-9-8-10-12-20)21-15-13-17(2)14-16-21/h7-16,18-19,23,30H,5H2,1-4,6H3,(H,29,31)/b22-7+,25-24+/t18-,19-,23-/m0/s1. The number of carbonyl (C=O) groups is 2. The monoisotopic (exact) mass is 464 g/mol. The van der Waals surface area contributed by atoms with Gasteiger partial charge in [-0.2, -0.15) is 0 Å². The van der Waals surface area contributed by atoms with E-state index in [9.17, 15) is 14.7 Å². The van der Waals surface area contributed by atoms with Crippen LogP contribution in [-0.4, -0.2) is 43.0 Å². The second kappa shape index (κ2) is 12.4. The number of methoxy groups -OCH3 is 1. The Morgan fingerprint density at radius 1 is 1.06 bits per heavy atom. The van der Waals surface area contributed by atoms with E-state index in [1.54, 1.807) is 6.92 Å². The molecule has 34 heavy (non-hydrogen) atoms. The molecule has 0 bridgehead atoms. The van der Waals surface area contributed by atoms with Crippen LogP contribution in [0.25, 0.3) is 0 Å². The molecule has 180 valence electrons. The van der Waals surface area contributed by atoms with Crippen LogP contribution in [0.2, 0.25) is 0 Å². The number of hydrogen-bond donors (Lipinski definition) is 2. The molecule has 0 heterocycles. The van der Waals surface area contributed by atoms with E-state index in [4.69, 9.17) is 9.47 Å². The molecule has 0 aliphatic heterocycles. The molecule has 0 aliphatic rings. The number of rotatable bonds is 10. The van der Waals surface area contributed by atoms with Crippen LogP contribution < -0.4 is 5.32 Å². The Bertz CT molecular complexity index is 1060. The Morgan fingerprint density at radius 3 is 2.18 bits per heavy atom. The maximum absolute atomic E-state index is 12.8. The van der Waals surface area contributed by atoms with Crippen molar-refractivity contribution in [3.8, 4) is 0 Å². The van der Waals surface area contributed by atoms with Crippen molar-refractivity contribution in [3.63, 3.8) is 0 Å². The fourth-order valence-corrected chi connectivity index (χ4v) is 3.57. The van der Waals surface area contributed by atoms with Crippen LogP contribution in [0.4, 0.5) is 0 Å². The van der Waals surface area contributed by atoms with E-state index in [0.29, 0.717) is 0 Å². The van der Waals surface area contributed by atoms with Crippen molar-refractivity contribution in [2.45, 2.75) is 45.8 Å². The van der Waals surface area contributed by atoms with E-state index < -0.39 is 29.8 Å². The average molecular weight is 465 g/mol. The number of benzene rings is 2. The minimum atomic E-state index is -0.995. The molecule has 2 N–H and O–H groups in total. The summed E-state index contributed by atoms with van der Waals surface area (Å²) in [6.07, 6.45) is 0.961. The molecule has 1 amide bonds. The largest absolute Gasteiger partial charge is 0.503 e. The first-order valence-corrected chi connectivity index (χ1v) is 11.0. The normalized spacial score (nSPS) is 14.8. The number of aliphatic hydroxyl groups excluding tert-OH is 1. The number of carbonyl (C=O) groups excluding carboxylic acids is 2. The first kappa shape index (κ1) is 26.4. The van der Waals surface area contributed by atoms with E-state index in [1.807, 2.05) is 68.4 Å². The molecular weight excluding hydrogens is 432 g/mol. The van der Waals surface area contributed by atoms with Gasteiger partial charge < -0.3 is 19.9 Å². The lowest BCUT2D eigenvalue weighted by atomic mass is 9.87. The van der Waals surface area contributed by atoms with Crippen molar-refractivity contribution < 1.29 is 24.2 Å². The Morgan fingerprint density at radius 2 is 1.65 bits per heavy atom. The molecule has 0 radical (unpaired) electrons. The Labute approximate surface area is 200 Å². The van der Waals surface area contributed by atoms with Crippen LogP contribution in [0.5, 0.6) is 0 Å². The number of aryl methyl sites for hydroxylation is 1. The zero-order valence-electron chi connectivity index (χ0n) is 20.2. The van der Waals surface area contributed by atoms with Gasteiger partial charge in [0.05, 0.1) is 7.11 Å². The Hall–Kier alpha value is -3.87. The number of esters is 1. The van der Waals surface area contributed by atoms with Crippen LogP contribution in [-0.2, 0) is 19.1 Å². The summed E-state index contributed by atoms with van der Waals surface area (Å²) in [5.41, 5.74) is 2.80. The molecule has 2 rings (SSSR count). The summed E-state index contributed by atoms with van der Waals surface area (Å²) in [6.45, 7) is 10.3. The highest BCUT2D eigenvalue weighted by molar-refractivity contribution is 5.97. The number of allylic oxidation sites excluding steroid dienone is 1. The maximum atomic E-state index is 12.8. The fourth-order valence-electron chi connectivity index (χ4n) is 3.57. The molecule has 0 saturated heterocycles. The summed E-state index contributed by atoms with van der Waals surface area (Å²) < 4.78 is 10.8. The minimum absolute atomic E-state index is 0.0604. The number of aliphatic hydroxyl groups is 1. The highest BCUT2D eigenvalue weighted by Gasteiger charge is 2.28. The number of nitrogens with zero attached hydrogens (tertiary/aromatic N) is 1. The van der Waals surface area contributed by atoms with Gasteiger partial charge in [-0.15, -0.1) is 0 Å². The molecule has 7 heteroatoms. The van der Waals surface area contributed by atoms with Gasteiger partial charge in [0, 0.05) is 5.92 Å².